The van der Waals surface area contributed by atoms with Gasteiger partial charge in [0.05, 0.1) is 13.0 Å². The van der Waals surface area contributed by atoms with Crippen molar-refractivity contribution in [1.29, 1.82) is 0 Å². The fraction of sp³-hybridized carbons (Fsp3) is 0.455. The Morgan fingerprint density at radius 1 is 1.59 bits per heavy atom. The van der Waals surface area contributed by atoms with E-state index in [4.69, 9.17) is 5.11 Å². The Balaban J connectivity index is 2.55. The SMILES string of the molecule is CC(CC(=O)O)C(=O)N(C)Cc1cc(Br)cs1. The third kappa shape index (κ3) is 4.47. The van der Waals surface area contributed by atoms with E-state index in [1.165, 1.54) is 0 Å². The number of halogens is 1. The van der Waals surface area contributed by atoms with E-state index in [-0.39, 0.29) is 12.3 Å². The van der Waals surface area contributed by atoms with Gasteiger partial charge in [0.1, 0.15) is 0 Å². The number of thiophene rings is 1. The van der Waals surface area contributed by atoms with Crippen LogP contribution in [0.5, 0.6) is 0 Å². The summed E-state index contributed by atoms with van der Waals surface area (Å²) in [7, 11) is 1.69. The first-order chi connectivity index (χ1) is 7.90. The molecule has 6 heteroatoms. The molecule has 0 saturated heterocycles. The van der Waals surface area contributed by atoms with Gasteiger partial charge in [0.2, 0.25) is 5.91 Å². The standard InChI is InChI=1S/C11H14BrNO3S/c1-7(3-10(14)15)11(16)13(2)5-9-4-8(12)6-17-9/h4,6-7H,3,5H2,1-2H3,(H,14,15). The topological polar surface area (TPSA) is 57.6 Å². The summed E-state index contributed by atoms with van der Waals surface area (Å²) in [6.07, 6.45) is -0.128. The molecule has 0 radical (unpaired) electrons. The van der Waals surface area contributed by atoms with Crippen LogP contribution >= 0.6 is 27.3 Å². The molecule has 1 aromatic rings. The Kier molecular flexibility index (Phi) is 5.14. The smallest absolute Gasteiger partial charge is 0.304 e. The summed E-state index contributed by atoms with van der Waals surface area (Å²) >= 11 is 4.91. The van der Waals surface area contributed by atoms with Crippen LogP contribution in [0.4, 0.5) is 0 Å². The molecule has 94 valence electrons. The van der Waals surface area contributed by atoms with Crippen molar-refractivity contribution in [3.05, 3.63) is 20.8 Å². The van der Waals surface area contributed by atoms with Gasteiger partial charge in [-0.3, -0.25) is 9.59 Å². The van der Waals surface area contributed by atoms with Gasteiger partial charge in [0, 0.05) is 27.7 Å². The Morgan fingerprint density at radius 2 is 2.24 bits per heavy atom. The number of amides is 1. The van der Waals surface area contributed by atoms with Crippen LogP contribution in [0.15, 0.2) is 15.9 Å². The van der Waals surface area contributed by atoms with Gasteiger partial charge in [-0.1, -0.05) is 6.92 Å². The van der Waals surface area contributed by atoms with Crippen LogP contribution < -0.4 is 0 Å². The number of carbonyl (C=O) groups is 2. The monoisotopic (exact) mass is 319 g/mol. The van der Waals surface area contributed by atoms with Gasteiger partial charge in [-0.25, -0.2) is 0 Å². The molecule has 0 aliphatic carbocycles. The lowest BCUT2D eigenvalue weighted by Gasteiger charge is -2.19. The van der Waals surface area contributed by atoms with Crippen molar-refractivity contribution < 1.29 is 14.7 Å². The number of carboxylic acid groups (broad SMARTS) is 1. The molecular weight excluding hydrogens is 306 g/mol. The normalized spacial score (nSPS) is 12.2. The highest BCUT2D eigenvalue weighted by molar-refractivity contribution is 9.10. The first-order valence-corrected chi connectivity index (χ1v) is 6.77. The summed E-state index contributed by atoms with van der Waals surface area (Å²) in [6.45, 7) is 2.15. The average Bonchev–Trinajstić information content (AvgIpc) is 2.61. The van der Waals surface area contributed by atoms with Crippen molar-refractivity contribution in [2.24, 2.45) is 5.92 Å². The highest BCUT2D eigenvalue weighted by Crippen LogP contribution is 2.21. The maximum Gasteiger partial charge on any atom is 0.304 e. The molecule has 1 N–H and O–H groups in total. The highest BCUT2D eigenvalue weighted by atomic mass is 79.9. The first-order valence-electron chi connectivity index (χ1n) is 5.10. The van der Waals surface area contributed by atoms with Gasteiger partial charge in [0.15, 0.2) is 0 Å². The quantitative estimate of drug-likeness (QED) is 0.907. The number of hydrogen-bond acceptors (Lipinski definition) is 3. The summed E-state index contributed by atoms with van der Waals surface area (Å²) in [4.78, 5) is 25.0. The molecule has 0 fully saturated rings. The zero-order valence-electron chi connectivity index (χ0n) is 9.64. The lowest BCUT2D eigenvalue weighted by Crippen LogP contribution is -2.32. The molecule has 4 nitrogen and oxygen atoms in total. The van der Waals surface area contributed by atoms with E-state index in [9.17, 15) is 9.59 Å². The number of carbonyl (C=O) groups excluding carboxylic acids is 1. The van der Waals surface area contributed by atoms with Crippen LogP contribution in [0.25, 0.3) is 0 Å². The van der Waals surface area contributed by atoms with Gasteiger partial charge in [0.25, 0.3) is 0 Å². The molecule has 0 spiro atoms. The highest BCUT2D eigenvalue weighted by Gasteiger charge is 2.20. The predicted octanol–water partition coefficient (Wildman–Crippen LogP) is 2.58. The van der Waals surface area contributed by atoms with Crippen LogP contribution in [-0.2, 0) is 16.1 Å². The van der Waals surface area contributed by atoms with Crippen molar-refractivity contribution in [3.8, 4) is 0 Å². The summed E-state index contributed by atoms with van der Waals surface area (Å²) in [5.74, 6) is -1.57. The molecule has 0 aliphatic rings. The molecule has 0 bridgehead atoms. The lowest BCUT2D eigenvalue weighted by molar-refractivity contribution is -0.143. The van der Waals surface area contributed by atoms with Crippen LogP contribution in [0.3, 0.4) is 0 Å². The van der Waals surface area contributed by atoms with E-state index >= 15 is 0 Å². The second-order valence-corrected chi connectivity index (χ2v) is 5.84. The molecule has 0 saturated carbocycles. The molecule has 1 atom stereocenters. The number of nitrogens with zero attached hydrogens (tertiary/aromatic N) is 1. The summed E-state index contributed by atoms with van der Waals surface area (Å²) < 4.78 is 0.997. The van der Waals surface area contributed by atoms with E-state index in [2.05, 4.69) is 15.9 Å². The third-order valence-electron chi connectivity index (χ3n) is 2.29. The minimum absolute atomic E-state index is 0.128. The Labute approximate surface area is 112 Å². The van der Waals surface area contributed by atoms with Crippen LogP contribution in [0, 0.1) is 5.92 Å². The Bertz CT molecular complexity index is 419. The summed E-state index contributed by atoms with van der Waals surface area (Å²) in [5, 5.41) is 10.6. The minimum atomic E-state index is -0.946. The lowest BCUT2D eigenvalue weighted by atomic mass is 10.1. The van der Waals surface area contributed by atoms with Gasteiger partial charge >= 0.3 is 5.97 Å². The van der Waals surface area contributed by atoms with E-state index in [1.807, 2.05) is 11.4 Å². The van der Waals surface area contributed by atoms with E-state index in [0.717, 1.165) is 9.35 Å². The fourth-order valence-corrected chi connectivity index (χ4v) is 2.98. The fourth-order valence-electron chi connectivity index (χ4n) is 1.47. The number of hydrogen-bond donors (Lipinski definition) is 1. The van der Waals surface area contributed by atoms with Crippen molar-refractivity contribution in [2.45, 2.75) is 19.9 Å². The van der Waals surface area contributed by atoms with Gasteiger partial charge in [-0.05, 0) is 22.0 Å². The van der Waals surface area contributed by atoms with Gasteiger partial charge in [-0.2, -0.15) is 0 Å². The second kappa shape index (κ2) is 6.16. The number of aliphatic carboxylic acids is 1. The maximum atomic E-state index is 11.8. The Hall–Kier alpha value is -0.880. The van der Waals surface area contributed by atoms with Gasteiger partial charge in [-0.15, -0.1) is 11.3 Å². The van der Waals surface area contributed by atoms with Crippen LogP contribution in [-0.4, -0.2) is 28.9 Å². The molecule has 1 aromatic heterocycles. The minimum Gasteiger partial charge on any atom is -0.481 e. The number of rotatable bonds is 5. The zero-order valence-corrected chi connectivity index (χ0v) is 12.0. The molecule has 1 rings (SSSR count). The van der Waals surface area contributed by atoms with Crippen LogP contribution in [0.2, 0.25) is 0 Å². The number of carboxylic acids is 1. The maximum absolute atomic E-state index is 11.8. The average molecular weight is 320 g/mol. The Morgan fingerprint density at radius 3 is 2.71 bits per heavy atom. The first kappa shape index (κ1) is 14.2. The predicted molar refractivity (Wildman–Crippen MR) is 69.9 cm³/mol. The molecular formula is C11H14BrNO3S. The third-order valence-corrected chi connectivity index (χ3v) is 3.98. The van der Waals surface area contributed by atoms with E-state index in [1.54, 1.807) is 30.2 Å². The van der Waals surface area contributed by atoms with Gasteiger partial charge < -0.3 is 10.0 Å². The molecule has 1 amide bonds. The van der Waals surface area contributed by atoms with Crippen molar-refractivity contribution in [1.82, 2.24) is 4.90 Å². The van der Waals surface area contributed by atoms with E-state index in [0.29, 0.717) is 6.54 Å². The zero-order chi connectivity index (χ0) is 13.0. The van der Waals surface area contributed by atoms with Crippen molar-refractivity contribution in [2.75, 3.05) is 7.05 Å². The molecule has 1 unspecified atom stereocenters. The molecule has 17 heavy (non-hydrogen) atoms. The van der Waals surface area contributed by atoms with E-state index < -0.39 is 11.9 Å². The molecule has 0 aliphatic heterocycles. The summed E-state index contributed by atoms with van der Waals surface area (Å²) in [5.41, 5.74) is 0. The summed E-state index contributed by atoms with van der Waals surface area (Å²) in [6, 6.07) is 1.95. The largest absolute Gasteiger partial charge is 0.481 e. The van der Waals surface area contributed by atoms with Crippen molar-refractivity contribution in [3.63, 3.8) is 0 Å². The second-order valence-electron chi connectivity index (χ2n) is 3.92. The molecule has 1 heterocycles. The molecule has 0 aromatic carbocycles. The van der Waals surface area contributed by atoms with Crippen molar-refractivity contribution >= 4 is 39.1 Å². The van der Waals surface area contributed by atoms with Crippen LogP contribution in [0.1, 0.15) is 18.2 Å².